The second-order valence-corrected chi connectivity index (χ2v) is 7.11. The zero-order chi connectivity index (χ0) is 20.2. The summed E-state index contributed by atoms with van der Waals surface area (Å²) in [6.45, 7) is 5.97. The van der Waals surface area contributed by atoms with Gasteiger partial charge in [-0.1, -0.05) is 25.3 Å². The third kappa shape index (κ3) is 9.54. The van der Waals surface area contributed by atoms with E-state index in [1.807, 2.05) is 13.8 Å². The van der Waals surface area contributed by atoms with Gasteiger partial charge in [0.15, 0.2) is 5.03 Å². The van der Waals surface area contributed by atoms with Gasteiger partial charge in [-0.2, -0.15) is 0 Å². The lowest BCUT2D eigenvalue weighted by Gasteiger charge is -2.18. The molecule has 1 radical (unpaired) electrons. The number of carbonyl (C=O) groups is 2. The average Bonchev–Trinajstić information content (AvgIpc) is 3.11. The van der Waals surface area contributed by atoms with Crippen molar-refractivity contribution >= 4 is 29.1 Å². The molecule has 1 atom stereocenters. The molecule has 27 heavy (non-hydrogen) atoms. The Hall–Kier alpha value is -2.69. The molecule has 1 aromatic rings. The molecule has 11 heteroatoms. The maximum absolute atomic E-state index is 12.4. The third-order valence-electron chi connectivity index (χ3n) is 3.37. The van der Waals surface area contributed by atoms with Crippen molar-refractivity contribution < 1.29 is 14.6 Å². The van der Waals surface area contributed by atoms with Crippen molar-refractivity contribution in [2.45, 2.75) is 39.2 Å². The summed E-state index contributed by atoms with van der Waals surface area (Å²) in [6.07, 6.45) is 1.45. The first-order chi connectivity index (χ1) is 12.8. The number of hydrogen-bond acceptors (Lipinski definition) is 6. The second-order valence-electron chi connectivity index (χ2n) is 6.16. The first-order valence-electron chi connectivity index (χ1n) is 8.49. The maximum Gasteiger partial charge on any atom is 0.261 e. The Balaban J connectivity index is 2.53. The smallest absolute Gasteiger partial charge is 0.261 e. The highest BCUT2D eigenvalue weighted by Gasteiger charge is 2.21. The fraction of sp³-hybridized carbons (Fsp3) is 0.500. The van der Waals surface area contributed by atoms with Crippen molar-refractivity contribution in [3.8, 4) is 0 Å². The lowest BCUT2D eigenvalue weighted by Crippen LogP contribution is -2.46. The quantitative estimate of drug-likeness (QED) is 0.125. The number of rotatable bonds is 11. The van der Waals surface area contributed by atoms with E-state index in [0.717, 1.165) is 0 Å². The predicted octanol–water partition coefficient (Wildman–Crippen LogP) is 1.26. The molecular weight excluding hydrogens is 372 g/mol. The van der Waals surface area contributed by atoms with Gasteiger partial charge in [0.2, 0.25) is 5.91 Å². The van der Waals surface area contributed by atoms with Crippen LogP contribution in [-0.4, -0.2) is 35.4 Å². The Kier molecular flexibility index (Phi) is 9.80. The molecule has 1 aromatic heterocycles. The topological polar surface area (TPSA) is 149 Å². The van der Waals surface area contributed by atoms with E-state index in [2.05, 4.69) is 16.0 Å². The van der Waals surface area contributed by atoms with E-state index in [9.17, 15) is 19.7 Å². The van der Waals surface area contributed by atoms with Gasteiger partial charge in [-0.15, -0.1) is 11.3 Å². The summed E-state index contributed by atoms with van der Waals surface area (Å²) in [4.78, 5) is 35.4. The first-order valence-corrected chi connectivity index (χ1v) is 9.37. The van der Waals surface area contributed by atoms with E-state index < -0.39 is 17.0 Å². The van der Waals surface area contributed by atoms with Crippen LogP contribution in [0.2, 0.25) is 0 Å². The summed E-state index contributed by atoms with van der Waals surface area (Å²) < 4.78 is 0. The van der Waals surface area contributed by atoms with Crippen molar-refractivity contribution in [3.63, 3.8) is 0 Å². The first kappa shape index (κ1) is 22.4. The molecule has 10 nitrogen and oxygen atoms in total. The Bertz CT molecular complexity index is 635. The van der Waals surface area contributed by atoms with Gasteiger partial charge in [-0.25, -0.2) is 10.1 Å². The molecule has 0 bridgehead atoms. The van der Waals surface area contributed by atoms with Crippen molar-refractivity contribution in [1.82, 2.24) is 21.4 Å². The van der Waals surface area contributed by atoms with Crippen LogP contribution >= 0.6 is 11.3 Å². The molecule has 1 rings (SSSR count). The number of hydrogen-bond donors (Lipinski definition) is 5. The highest BCUT2D eigenvalue weighted by atomic mass is 32.1. The van der Waals surface area contributed by atoms with Gasteiger partial charge in [-0.05, 0) is 36.6 Å². The molecule has 0 fully saturated rings. The van der Waals surface area contributed by atoms with E-state index in [1.54, 1.807) is 29.5 Å². The van der Waals surface area contributed by atoms with Crippen LogP contribution in [0.4, 0.5) is 0 Å². The predicted molar refractivity (Wildman–Crippen MR) is 103 cm³/mol. The minimum absolute atomic E-state index is 0.244. The van der Waals surface area contributed by atoms with E-state index in [0.29, 0.717) is 30.1 Å². The highest BCUT2D eigenvalue weighted by Crippen LogP contribution is 2.09. The number of nitrogens with zero attached hydrogens (tertiary/aromatic N) is 1. The summed E-state index contributed by atoms with van der Waals surface area (Å²) in [5.74, 6) is -0.688. The number of thiophene rings is 1. The lowest BCUT2D eigenvalue weighted by atomic mass is 10.1. The molecular formula is C16H25N6O4S. The van der Waals surface area contributed by atoms with Crippen LogP contribution in [0.1, 0.15) is 42.8 Å². The fourth-order valence-electron chi connectivity index (χ4n) is 2.05. The molecule has 0 aromatic carbocycles. The van der Waals surface area contributed by atoms with Crippen LogP contribution in [-0.2, 0) is 4.79 Å². The van der Waals surface area contributed by atoms with Crippen molar-refractivity contribution in [1.29, 1.82) is 5.41 Å². The van der Waals surface area contributed by atoms with E-state index >= 15 is 0 Å². The number of guanidine groups is 1. The van der Waals surface area contributed by atoms with Crippen molar-refractivity contribution in [2.75, 3.05) is 6.54 Å². The van der Waals surface area contributed by atoms with E-state index in [-0.39, 0.29) is 18.4 Å². The zero-order valence-electron chi connectivity index (χ0n) is 15.3. The zero-order valence-corrected chi connectivity index (χ0v) is 16.1. The Morgan fingerprint density at radius 1 is 1.41 bits per heavy atom. The van der Waals surface area contributed by atoms with Crippen LogP contribution in [0.3, 0.4) is 0 Å². The van der Waals surface area contributed by atoms with Crippen LogP contribution in [0.25, 0.3) is 0 Å². The summed E-state index contributed by atoms with van der Waals surface area (Å²) >= 11 is 1.28. The van der Waals surface area contributed by atoms with Crippen molar-refractivity contribution in [3.05, 3.63) is 39.0 Å². The molecule has 0 saturated carbocycles. The van der Waals surface area contributed by atoms with Gasteiger partial charge in [0.1, 0.15) is 6.04 Å². The van der Waals surface area contributed by atoms with Crippen LogP contribution in [0.5, 0.6) is 0 Å². The second kappa shape index (κ2) is 11.8. The molecule has 0 aliphatic heterocycles. The van der Waals surface area contributed by atoms with Gasteiger partial charge in [0.05, 0.1) is 4.88 Å². The molecule has 0 spiro atoms. The van der Waals surface area contributed by atoms with Crippen molar-refractivity contribution in [2.24, 2.45) is 5.92 Å². The monoisotopic (exact) mass is 397 g/mol. The molecule has 149 valence electrons. The number of nitro groups is 1. The lowest BCUT2D eigenvalue weighted by molar-refractivity contribution is -0.525. The Morgan fingerprint density at radius 3 is 2.74 bits per heavy atom. The fourth-order valence-corrected chi connectivity index (χ4v) is 2.68. The molecule has 1 heterocycles. The largest absolute Gasteiger partial charge is 0.352 e. The van der Waals surface area contributed by atoms with Crippen LogP contribution < -0.4 is 21.4 Å². The van der Waals surface area contributed by atoms with Gasteiger partial charge in [-0.3, -0.25) is 15.0 Å². The molecule has 0 aliphatic carbocycles. The molecule has 5 N–H and O–H groups in total. The van der Waals surface area contributed by atoms with E-state index in [4.69, 9.17) is 5.41 Å². The van der Waals surface area contributed by atoms with Gasteiger partial charge in [0.25, 0.3) is 11.9 Å². The van der Waals surface area contributed by atoms with Crippen LogP contribution in [0.15, 0.2) is 17.5 Å². The Morgan fingerprint density at radius 2 is 2.15 bits per heavy atom. The molecule has 0 saturated heterocycles. The molecule has 0 aliphatic rings. The average molecular weight is 397 g/mol. The summed E-state index contributed by atoms with van der Waals surface area (Å²) in [7, 11) is 0. The minimum atomic E-state index is -0.836. The number of carbonyl (C=O) groups excluding carboxylic acids is 2. The van der Waals surface area contributed by atoms with Gasteiger partial charge in [0, 0.05) is 13.1 Å². The SMILES string of the molecule is CC(C)C[CH]NC(=O)[C@H](CCCNC(=N)N[N+](=O)[O-])NC(=O)c1cccs1. The number of hydrazine groups is 1. The summed E-state index contributed by atoms with van der Waals surface area (Å²) in [5.41, 5.74) is 1.68. The molecule has 0 unspecified atom stereocenters. The van der Waals surface area contributed by atoms with Gasteiger partial charge >= 0.3 is 0 Å². The minimum Gasteiger partial charge on any atom is -0.352 e. The van der Waals surface area contributed by atoms with E-state index in [1.165, 1.54) is 11.3 Å². The summed E-state index contributed by atoms with van der Waals surface area (Å²) in [5, 5.41) is 26.4. The van der Waals surface area contributed by atoms with Crippen LogP contribution in [0, 0.1) is 28.0 Å². The summed E-state index contributed by atoms with van der Waals surface area (Å²) in [6, 6.07) is 2.68. The Labute approximate surface area is 161 Å². The highest BCUT2D eigenvalue weighted by molar-refractivity contribution is 7.12. The molecule has 2 amide bonds. The van der Waals surface area contributed by atoms with Gasteiger partial charge < -0.3 is 16.0 Å². The maximum atomic E-state index is 12.4. The number of amides is 2. The third-order valence-corrected chi connectivity index (χ3v) is 4.24. The number of nitrogens with one attached hydrogen (secondary N) is 5. The standard InChI is InChI=1S/C16H25N6O4S/c1-11(2)7-9-18-14(23)12(20-15(24)13-6-4-10-27-13)5-3-8-19-16(17)21-22(25)26/h4,6,9-12H,3,5,7-8H2,1-2H3,(H,18,23)(H,20,24)(H3,17,19,21)/t12-/m0/s1. The normalized spacial score (nSPS) is 11.5.